The van der Waals surface area contributed by atoms with E-state index in [0.717, 1.165) is 226 Å². The van der Waals surface area contributed by atoms with Crippen LogP contribution in [0.5, 0.6) is 34.5 Å². The lowest BCUT2D eigenvalue weighted by Crippen LogP contribution is -2.21. The van der Waals surface area contributed by atoms with Crippen molar-refractivity contribution in [2.45, 2.75) is 228 Å². The molecule has 0 aliphatic heterocycles. The number of fused-ring (bicyclic) bond motifs is 6. The molecular weight excluding hydrogens is 1350 g/mol. The van der Waals surface area contributed by atoms with Gasteiger partial charge in [0.05, 0.1) is 33.4 Å². The standard InChI is InChI=1S/C96H96O12/c97-91(76-53-27-19-45-67(76)61-33-7-1-8-34-61)103-82-60-59-75-73-51-25-26-52-74(73)84-85(83(75)86(82)104-92(98)77-54-28-20-46-68(77)62-35-9-2-10-36-62)88(106-94(100)79-56-30-22-48-70(79)64-39-13-4-14-40-64)90(108-96(102)81-58-32-24-50-72(81)66-43-17-6-18-44-66)89(107-95(101)80-57-31-23-49-71(80)65-41-15-5-16-42-65)87(84)105-93(99)78-55-29-21-47-69(78)63-37-11-3-12-38-63/h19-32,45-66H,1-18,33-44H2. The summed E-state index contributed by atoms with van der Waals surface area (Å²) in [5.41, 5.74) is 6.53. The predicted molar refractivity (Wildman–Crippen MR) is 422 cm³/mol. The molecule has 0 saturated heterocycles. The number of esters is 6. The van der Waals surface area contributed by atoms with E-state index in [1.807, 2.05) is 109 Å². The lowest BCUT2D eigenvalue weighted by molar-refractivity contribution is 0.0639. The Morgan fingerprint density at radius 2 is 0.407 bits per heavy atom. The molecule has 0 unspecified atom stereocenters. The van der Waals surface area contributed by atoms with E-state index in [1.54, 1.807) is 72.8 Å². The first-order chi connectivity index (χ1) is 53.1. The summed E-state index contributed by atoms with van der Waals surface area (Å²) < 4.78 is 43.0. The average Bonchev–Trinajstić information content (AvgIpc) is 0.700. The third-order valence-corrected chi connectivity index (χ3v) is 24.7. The summed E-state index contributed by atoms with van der Waals surface area (Å²) in [6, 6.07) is 55.7. The summed E-state index contributed by atoms with van der Waals surface area (Å²) in [6.45, 7) is 0. The Morgan fingerprint density at radius 1 is 0.194 bits per heavy atom. The minimum atomic E-state index is -0.863. The van der Waals surface area contributed by atoms with Crippen LogP contribution in [0.3, 0.4) is 0 Å². The second-order valence-corrected chi connectivity index (χ2v) is 31.3. The average molecular weight is 1440 g/mol. The summed E-state index contributed by atoms with van der Waals surface area (Å²) >= 11 is 0. The van der Waals surface area contributed by atoms with Crippen molar-refractivity contribution in [1.82, 2.24) is 0 Å². The zero-order valence-corrected chi connectivity index (χ0v) is 61.9. The van der Waals surface area contributed by atoms with E-state index < -0.39 is 53.1 Å². The van der Waals surface area contributed by atoms with Gasteiger partial charge >= 0.3 is 35.8 Å². The van der Waals surface area contributed by atoms with E-state index in [1.165, 1.54) is 0 Å². The number of hydrogen-bond donors (Lipinski definition) is 0. The van der Waals surface area contributed by atoms with Gasteiger partial charge in [-0.25, -0.2) is 28.8 Å². The molecule has 0 heterocycles. The van der Waals surface area contributed by atoms with Gasteiger partial charge in [-0.1, -0.05) is 249 Å². The quantitative estimate of drug-likeness (QED) is 0.0455. The molecule has 552 valence electrons. The molecule has 10 aromatic rings. The molecule has 6 aliphatic carbocycles. The van der Waals surface area contributed by atoms with Gasteiger partial charge in [-0.2, -0.15) is 0 Å². The third kappa shape index (κ3) is 15.0. The molecule has 0 spiro atoms. The number of ether oxygens (including phenoxy) is 6. The van der Waals surface area contributed by atoms with Crippen molar-refractivity contribution in [2.24, 2.45) is 0 Å². The van der Waals surface area contributed by atoms with Crippen LogP contribution in [-0.4, -0.2) is 35.8 Å². The van der Waals surface area contributed by atoms with Crippen LogP contribution in [0.15, 0.2) is 182 Å². The first-order valence-electron chi connectivity index (χ1n) is 40.5. The van der Waals surface area contributed by atoms with Crippen LogP contribution in [-0.2, 0) is 0 Å². The Morgan fingerprint density at radius 3 is 0.704 bits per heavy atom. The number of hydrogen-bond acceptors (Lipinski definition) is 12. The lowest BCUT2D eigenvalue weighted by Gasteiger charge is -2.27. The minimum Gasteiger partial charge on any atom is -0.419 e. The van der Waals surface area contributed by atoms with Gasteiger partial charge in [0.1, 0.15) is 0 Å². The van der Waals surface area contributed by atoms with E-state index in [-0.39, 0.29) is 91.2 Å². The van der Waals surface area contributed by atoms with Gasteiger partial charge in [0, 0.05) is 16.2 Å². The van der Waals surface area contributed by atoms with Crippen LogP contribution in [0.1, 0.15) is 324 Å². The zero-order valence-electron chi connectivity index (χ0n) is 61.9. The van der Waals surface area contributed by atoms with E-state index in [4.69, 9.17) is 28.4 Å². The third-order valence-electron chi connectivity index (χ3n) is 24.7. The molecule has 12 nitrogen and oxygen atoms in total. The van der Waals surface area contributed by atoms with Gasteiger partial charge in [0.15, 0.2) is 23.0 Å². The van der Waals surface area contributed by atoms with Crippen molar-refractivity contribution in [3.8, 4) is 34.5 Å². The molecule has 0 N–H and O–H groups in total. The first kappa shape index (κ1) is 72.0. The Labute approximate surface area is 633 Å². The van der Waals surface area contributed by atoms with Gasteiger partial charge in [-0.05, 0) is 211 Å². The molecule has 16 rings (SSSR count). The predicted octanol–water partition coefficient (Wildman–Crippen LogP) is 24.7. The Hall–Kier alpha value is -10.2. The largest absolute Gasteiger partial charge is 0.419 e. The van der Waals surface area contributed by atoms with Gasteiger partial charge in [-0.15, -0.1) is 0 Å². The zero-order chi connectivity index (χ0) is 73.5. The summed E-state index contributed by atoms with van der Waals surface area (Å²) in [5, 5.41) is 1.49. The monoisotopic (exact) mass is 1440 g/mol. The van der Waals surface area contributed by atoms with Gasteiger partial charge in [0.25, 0.3) is 0 Å². The highest BCUT2D eigenvalue weighted by Gasteiger charge is 2.40. The van der Waals surface area contributed by atoms with Crippen molar-refractivity contribution in [2.75, 3.05) is 0 Å². The highest BCUT2D eigenvalue weighted by atomic mass is 16.6. The first-order valence-corrected chi connectivity index (χ1v) is 40.5. The number of carbonyl (C=O) groups is 6. The van der Waals surface area contributed by atoms with Crippen molar-refractivity contribution in [3.63, 3.8) is 0 Å². The molecule has 6 saturated carbocycles. The number of benzene rings is 10. The SMILES string of the molecule is O=C(Oc1ccc2c3ccccc3c3c(OC(=O)c4ccccc4C4CCCCC4)c(OC(=O)c4ccccc4C4CCCCC4)c(OC(=O)c4ccccc4C4CCCCC4)c(OC(=O)c4ccccc4C4CCCCC4)c3c2c1OC(=O)c1ccccc1C1CCCCC1)c1ccccc1C1CCCCC1. The highest BCUT2D eigenvalue weighted by Crippen LogP contribution is 2.59. The summed E-state index contributed by atoms with van der Waals surface area (Å²) in [5.74, 6) is -6.79. The summed E-state index contributed by atoms with van der Waals surface area (Å²) in [6.07, 6.45) is 28.5. The van der Waals surface area contributed by atoms with Crippen molar-refractivity contribution in [1.29, 1.82) is 0 Å². The fourth-order valence-electron chi connectivity index (χ4n) is 19.3. The molecule has 0 bridgehead atoms. The topological polar surface area (TPSA) is 158 Å². The van der Waals surface area contributed by atoms with E-state index in [2.05, 4.69) is 0 Å². The lowest BCUT2D eigenvalue weighted by atomic mass is 9.82. The second-order valence-electron chi connectivity index (χ2n) is 31.3. The van der Waals surface area contributed by atoms with Crippen LogP contribution in [0.25, 0.3) is 32.3 Å². The van der Waals surface area contributed by atoms with Crippen LogP contribution in [0, 0.1) is 0 Å². The molecule has 10 aromatic carbocycles. The van der Waals surface area contributed by atoms with E-state index in [0.29, 0.717) is 27.3 Å². The van der Waals surface area contributed by atoms with Crippen molar-refractivity contribution < 1.29 is 57.2 Å². The molecule has 108 heavy (non-hydrogen) atoms. The van der Waals surface area contributed by atoms with E-state index in [9.17, 15) is 0 Å². The fourth-order valence-corrected chi connectivity index (χ4v) is 19.3. The Bertz CT molecular complexity index is 5010. The molecular formula is C96H96O12. The van der Waals surface area contributed by atoms with Crippen molar-refractivity contribution >= 4 is 68.1 Å². The molecule has 12 heteroatoms. The number of rotatable bonds is 18. The maximum Gasteiger partial charge on any atom is 0.344 e. The molecule has 0 atom stereocenters. The maximum atomic E-state index is 16.6. The molecule has 0 amide bonds. The van der Waals surface area contributed by atoms with Crippen molar-refractivity contribution in [3.05, 3.63) is 249 Å². The van der Waals surface area contributed by atoms with Gasteiger partial charge in [-0.3, -0.25) is 0 Å². The Balaban J connectivity index is 1.03. The van der Waals surface area contributed by atoms with Gasteiger partial charge in [0.2, 0.25) is 11.5 Å². The van der Waals surface area contributed by atoms with E-state index >= 15 is 28.8 Å². The van der Waals surface area contributed by atoms with Crippen LogP contribution in [0.2, 0.25) is 0 Å². The normalized spacial score (nSPS) is 17.4. The van der Waals surface area contributed by atoms with Crippen LogP contribution < -0.4 is 28.4 Å². The smallest absolute Gasteiger partial charge is 0.344 e. The Kier molecular flexibility index (Phi) is 22.1. The second kappa shape index (κ2) is 33.1. The molecule has 0 radical (unpaired) electrons. The highest BCUT2D eigenvalue weighted by molar-refractivity contribution is 6.32. The number of carbonyl (C=O) groups excluding carboxylic acids is 6. The molecule has 6 fully saturated rings. The maximum absolute atomic E-state index is 16.6. The summed E-state index contributed by atoms with van der Waals surface area (Å²) in [4.78, 5) is 97.6. The fraction of sp³-hybridized carbons (Fsp3) is 0.375. The van der Waals surface area contributed by atoms with Gasteiger partial charge < -0.3 is 28.4 Å². The molecule has 0 aromatic heterocycles. The van der Waals surface area contributed by atoms with Crippen LogP contribution >= 0.6 is 0 Å². The minimum absolute atomic E-state index is 0.000352. The van der Waals surface area contributed by atoms with Crippen LogP contribution in [0.4, 0.5) is 0 Å². The summed E-state index contributed by atoms with van der Waals surface area (Å²) in [7, 11) is 0. The molecule has 6 aliphatic rings.